The predicted octanol–water partition coefficient (Wildman–Crippen LogP) is 1.72. The molecule has 1 fully saturated rings. The van der Waals surface area contributed by atoms with E-state index in [0.29, 0.717) is 35.1 Å². The smallest absolute Gasteiger partial charge is 0.266 e. The maximum absolute atomic E-state index is 12.6. The number of carbonyl (C=O) groups excluding carboxylic acids is 1. The number of hydrogen-bond acceptors (Lipinski definition) is 5. The summed E-state index contributed by atoms with van der Waals surface area (Å²) < 4.78 is 0.943. The Morgan fingerprint density at radius 2 is 2.25 bits per heavy atom. The summed E-state index contributed by atoms with van der Waals surface area (Å²) in [7, 11) is 0. The molecule has 20 heavy (non-hydrogen) atoms. The minimum atomic E-state index is -0.0121. The zero-order valence-corrected chi connectivity index (χ0v) is 11.9. The number of nitrogen functional groups attached to an aromatic ring is 1. The molecule has 3 rings (SSSR count). The summed E-state index contributed by atoms with van der Waals surface area (Å²) in [6.45, 7) is 1.58. The lowest BCUT2D eigenvalue weighted by molar-refractivity contribution is 0.0656. The van der Waals surface area contributed by atoms with E-state index in [4.69, 9.17) is 10.8 Å². The van der Waals surface area contributed by atoms with Crippen LogP contribution in [0.2, 0.25) is 0 Å². The van der Waals surface area contributed by atoms with Crippen molar-refractivity contribution in [1.82, 2.24) is 9.88 Å². The number of amides is 1. The molecule has 1 aliphatic rings. The van der Waals surface area contributed by atoms with Gasteiger partial charge in [0.2, 0.25) is 0 Å². The number of pyridine rings is 1. The fraction of sp³-hybridized carbons (Fsp3) is 0.429. The van der Waals surface area contributed by atoms with Crippen LogP contribution in [0.3, 0.4) is 0 Å². The third-order valence-corrected chi connectivity index (χ3v) is 4.98. The summed E-state index contributed by atoms with van der Waals surface area (Å²) >= 11 is 1.40. The van der Waals surface area contributed by atoms with Crippen LogP contribution in [0, 0.1) is 5.92 Å². The van der Waals surface area contributed by atoms with Gasteiger partial charge in [-0.15, -0.1) is 11.3 Å². The molecule has 0 unspecified atom stereocenters. The number of fused-ring (bicyclic) bond motifs is 1. The molecule has 2 aromatic rings. The number of carbonyl (C=O) groups is 1. The van der Waals surface area contributed by atoms with E-state index < -0.39 is 0 Å². The number of aliphatic hydroxyl groups is 1. The Morgan fingerprint density at radius 1 is 1.50 bits per heavy atom. The molecule has 0 bridgehead atoms. The maximum atomic E-state index is 12.6. The minimum Gasteiger partial charge on any atom is -0.396 e. The zero-order chi connectivity index (χ0) is 14.1. The SMILES string of the molecule is Nc1c(C(=O)N2CCC(CO)CC2)sc2cccnc12. The van der Waals surface area contributed by atoms with Gasteiger partial charge in [0.05, 0.1) is 10.4 Å². The number of anilines is 1. The second-order valence-corrected chi connectivity index (χ2v) is 6.17. The fourth-order valence-electron chi connectivity index (χ4n) is 2.57. The maximum Gasteiger partial charge on any atom is 0.266 e. The van der Waals surface area contributed by atoms with E-state index in [1.165, 1.54) is 11.3 Å². The van der Waals surface area contributed by atoms with E-state index >= 15 is 0 Å². The lowest BCUT2D eigenvalue weighted by Crippen LogP contribution is -2.39. The number of aliphatic hydroxyl groups excluding tert-OH is 1. The van der Waals surface area contributed by atoms with Crippen molar-refractivity contribution < 1.29 is 9.90 Å². The largest absolute Gasteiger partial charge is 0.396 e. The molecule has 1 amide bonds. The summed E-state index contributed by atoms with van der Waals surface area (Å²) in [5, 5.41) is 9.14. The molecule has 3 N–H and O–H groups in total. The highest BCUT2D eigenvalue weighted by Gasteiger charge is 2.26. The second kappa shape index (κ2) is 5.38. The Balaban J connectivity index is 1.84. The second-order valence-electron chi connectivity index (χ2n) is 5.11. The molecule has 3 heterocycles. The highest BCUT2D eigenvalue weighted by atomic mass is 32.1. The van der Waals surface area contributed by atoms with Crippen LogP contribution in [0.15, 0.2) is 18.3 Å². The highest BCUT2D eigenvalue weighted by molar-refractivity contribution is 7.21. The molecule has 106 valence electrons. The van der Waals surface area contributed by atoms with E-state index in [-0.39, 0.29) is 12.5 Å². The van der Waals surface area contributed by atoms with Gasteiger partial charge in [-0.1, -0.05) is 0 Å². The van der Waals surface area contributed by atoms with Crippen LogP contribution in [-0.2, 0) is 0 Å². The molecule has 6 heteroatoms. The Kier molecular flexibility index (Phi) is 3.58. The van der Waals surface area contributed by atoms with Crippen molar-refractivity contribution in [3.05, 3.63) is 23.2 Å². The van der Waals surface area contributed by atoms with Crippen LogP contribution < -0.4 is 5.73 Å². The monoisotopic (exact) mass is 291 g/mol. The quantitative estimate of drug-likeness (QED) is 0.883. The van der Waals surface area contributed by atoms with Gasteiger partial charge in [0, 0.05) is 25.9 Å². The number of rotatable bonds is 2. The molecular formula is C14H17N3O2S. The first kappa shape index (κ1) is 13.3. The number of thiophene rings is 1. The average molecular weight is 291 g/mol. The van der Waals surface area contributed by atoms with Crippen LogP contribution in [-0.4, -0.2) is 40.6 Å². The van der Waals surface area contributed by atoms with Gasteiger partial charge in [-0.2, -0.15) is 0 Å². The molecule has 2 aromatic heterocycles. The van der Waals surface area contributed by atoms with Gasteiger partial charge in [-0.25, -0.2) is 0 Å². The zero-order valence-electron chi connectivity index (χ0n) is 11.1. The average Bonchev–Trinajstić information content (AvgIpc) is 2.84. The van der Waals surface area contributed by atoms with Crippen molar-refractivity contribution >= 4 is 33.1 Å². The predicted molar refractivity (Wildman–Crippen MR) is 79.7 cm³/mol. The molecule has 0 aromatic carbocycles. The van der Waals surface area contributed by atoms with E-state index in [1.807, 2.05) is 17.0 Å². The van der Waals surface area contributed by atoms with Gasteiger partial charge in [0.15, 0.2) is 0 Å². The third-order valence-electron chi connectivity index (χ3n) is 3.84. The summed E-state index contributed by atoms with van der Waals surface area (Å²) in [5.41, 5.74) is 7.26. The highest BCUT2D eigenvalue weighted by Crippen LogP contribution is 2.33. The van der Waals surface area contributed by atoms with E-state index in [2.05, 4.69) is 4.98 Å². The first-order chi connectivity index (χ1) is 9.70. The number of nitrogens with zero attached hydrogens (tertiary/aromatic N) is 2. The van der Waals surface area contributed by atoms with Crippen LogP contribution in [0.25, 0.3) is 10.2 Å². The van der Waals surface area contributed by atoms with Crippen molar-refractivity contribution in [3.63, 3.8) is 0 Å². The number of nitrogens with two attached hydrogens (primary N) is 1. The van der Waals surface area contributed by atoms with Gasteiger partial charge in [-0.05, 0) is 30.9 Å². The van der Waals surface area contributed by atoms with E-state index in [0.717, 1.165) is 17.5 Å². The Bertz CT molecular complexity index is 632. The van der Waals surface area contributed by atoms with E-state index in [1.54, 1.807) is 6.20 Å². The standard InChI is InChI=1S/C14H17N3O2S/c15-11-12-10(2-1-5-16-12)20-13(11)14(19)17-6-3-9(8-18)4-7-17/h1-2,5,9,18H,3-4,6-8,15H2. The summed E-state index contributed by atoms with van der Waals surface area (Å²) in [5.74, 6) is 0.308. The normalized spacial score (nSPS) is 16.8. The van der Waals surface area contributed by atoms with Crippen LogP contribution in [0.1, 0.15) is 22.5 Å². The van der Waals surface area contributed by atoms with E-state index in [9.17, 15) is 4.79 Å². The minimum absolute atomic E-state index is 0.0121. The van der Waals surface area contributed by atoms with Crippen molar-refractivity contribution in [2.45, 2.75) is 12.8 Å². The van der Waals surface area contributed by atoms with Crippen molar-refractivity contribution in [1.29, 1.82) is 0 Å². The van der Waals surface area contributed by atoms with Gasteiger partial charge < -0.3 is 15.7 Å². The Hall–Kier alpha value is -1.66. The Morgan fingerprint density at radius 3 is 2.90 bits per heavy atom. The first-order valence-electron chi connectivity index (χ1n) is 6.74. The number of piperidine rings is 1. The topological polar surface area (TPSA) is 79.5 Å². The van der Waals surface area contributed by atoms with Crippen molar-refractivity contribution in [3.8, 4) is 0 Å². The molecule has 1 saturated heterocycles. The third kappa shape index (κ3) is 2.25. The molecule has 0 spiro atoms. The molecule has 5 nitrogen and oxygen atoms in total. The van der Waals surface area contributed by atoms with Gasteiger partial charge in [0.1, 0.15) is 10.4 Å². The van der Waals surface area contributed by atoms with Crippen molar-refractivity contribution in [2.75, 3.05) is 25.4 Å². The van der Waals surface area contributed by atoms with Crippen molar-refractivity contribution in [2.24, 2.45) is 5.92 Å². The van der Waals surface area contributed by atoms with Gasteiger partial charge in [-0.3, -0.25) is 9.78 Å². The number of hydrogen-bond donors (Lipinski definition) is 2. The molecule has 0 atom stereocenters. The Labute approximate surface area is 121 Å². The molecule has 0 aliphatic carbocycles. The summed E-state index contributed by atoms with van der Waals surface area (Å²) in [6, 6.07) is 3.78. The number of likely N-dealkylation sites (tertiary alicyclic amines) is 1. The van der Waals surface area contributed by atoms with Crippen LogP contribution in [0.5, 0.6) is 0 Å². The number of aromatic nitrogens is 1. The first-order valence-corrected chi connectivity index (χ1v) is 7.55. The van der Waals surface area contributed by atoms with Crippen LogP contribution >= 0.6 is 11.3 Å². The summed E-state index contributed by atoms with van der Waals surface area (Å²) in [6.07, 6.45) is 3.39. The fourth-order valence-corrected chi connectivity index (χ4v) is 3.62. The molecule has 0 saturated carbocycles. The summed E-state index contributed by atoms with van der Waals surface area (Å²) in [4.78, 5) is 19.2. The molecular weight excluding hydrogens is 274 g/mol. The molecule has 0 radical (unpaired) electrons. The van der Waals surface area contributed by atoms with Crippen LogP contribution in [0.4, 0.5) is 5.69 Å². The molecule has 1 aliphatic heterocycles. The lowest BCUT2D eigenvalue weighted by atomic mass is 9.98. The van der Waals surface area contributed by atoms with Gasteiger partial charge in [0.25, 0.3) is 5.91 Å². The van der Waals surface area contributed by atoms with Gasteiger partial charge >= 0.3 is 0 Å². The lowest BCUT2D eigenvalue weighted by Gasteiger charge is -2.30.